The Bertz CT molecular complexity index is 588. The zero-order valence-electron chi connectivity index (χ0n) is 16.1. The van der Waals surface area contributed by atoms with Crippen molar-refractivity contribution in [2.75, 3.05) is 6.61 Å². The van der Waals surface area contributed by atoms with Gasteiger partial charge in [-0.05, 0) is 18.6 Å². The number of carbonyl (C=O) groups is 1. The first-order chi connectivity index (χ1) is 12.5. The Morgan fingerprint density at radius 2 is 1.81 bits per heavy atom. The zero-order chi connectivity index (χ0) is 19.3. The molecule has 0 saturated heterocycles. The number of thiophene rings is 1. The van der Waals surface area contributed by atoms with Gasteiger partial charge in [-0.3, -0.25) is 4.79 Å². The van der Waals surface area contributed by atoms with E-state index in [1.54, 1.807) is 6.07 Å². The van der Waals surface area contributed by atoms with Crippen molar-refractivity contribution in [3.05, 3.63) is 21.9 Å². The van der Waals surface area contributed by atoms with Gasteiger partial charge in [0.25, 0.3) is 0 Å². The highest BCUT2D eigenvalue weighted by Gasteiger charge is 2.31. The van der Waals surface area contributed by atoms with E-state index in [1.165, 1.54) is 63.2 Å². The molecule has 5 heteroatoms. The Labute approximate surface area is 162 Å². The van der Waals surface area contributed by atoms with Gasteiger partial charge in [0.05, 0.1) is 9.75 Å². The number of aliphatic hydroxyl groups excluding tert-OH is 1. The van der Waals surface area contributed by atoms with Crippen LogP contribution in [0.3, 0.4) is 0 Å². The lowest BCUT2D eigenvalue weighted by Gasteiger charge is -2.26. The van der Waals surface area contributed by atoms with Gasteiger partial charge in [0.2, 0.25) is 5.91 Å². The van der Waals surface area contributed by atoms with E-state index in [2.05, 4.69) is 24.1 Å². The highest BCUT2D eigenvalue weighted by atomic mass is 32.1. The molecule has 0 aliphatic rings. The number of hydrogen-bond acceptors (Lipinski definition) is 4. The average Bonchev–Trinajstić information content (AvgIpc) is 3.06. The minimum atomic E-state index is -1.52. The highest BCUT2D eigenvalue weighted by Crippen LogP contribution is 2.29. The van der Waals surface area contributed by atoms with Crippen LogP contribution in [-0.4, -0.2) is 22.7 Å². The van der Waals surface area contributed by atoms with Gasteiger partial charge in [0.15, 0.2) is 5.72 Å². The monoisotopic (exact) mass is 379 g/mol. The summed E-state index contributed by atoms with van der Waals surface area (Å²) in [5.41, 5.74) is -1.52. The van der Waals surface area contributed by atoms with Crippen LogP contribution in [0.1, 0.15) is 87.8 Å². The second-order valence-corrected chi connectivity index (χ2v) is 7.79. The van der Waals surface area contributed by atoms with Crippen molar-refractivity contribution in [1.29, 1.82) is 0 Å². The molecule has 1 aromatic heterocycles. The molecule has 1 rings (SSSR count). The molecule has 1 amide bonds. The molecule has 0 aliphatic carbocycles. The third kappa shape index (κ3) is 8.84. The van der Waals surface area contributed by atoms with Crippen LogP contribution in [-0.2, 0) is 10.5 Å². The number of unbranched alkanes of at least 4 members (excludes halogenated alkanes) is 8. The number of hydrogen-bond donors (Lipinski definition) is 3. The fourth-order valence-electron chi connectivity index (χ4n) is 2.82. The first-order valence-corrected chi connectivity index (χ1v) is 10.5. The summed E-state index contributed by atoms with van der Waals surface area (Å²) in [5, 5.41) is 22.2. The summed E-state index contributed by atoms with van der Waals surface area (Å²) in [7, 11) is 0. The molecule has 1 atom stereocenters. The second-order valence-electron chi connectivity index (χ2n) is 6.71. The third-order valence-corrected chi connectivity index (χ3v) is 5.39. The Balaban J connectivity index is 2.39. The summed E-state index contributed by atoms with van der Waals surface area (Å²) in [6, 6.07) is 3.61. The van der Waals surface area contributed by atoms with Crippen molar-refractivity contribution < 1.29 is 15.0 Å². The Morgan fingerprint density at radius 1 is 1.15 bits per heavy atom. The van der Waals surface area contributed by atoms with E-state index >= 15 is 0 Å². The van der Waals surface area contributed by atoms with E-state index < -0.39 is 5.72 Å². The van der Waals surface area contributed by atoms with Crippen LogP contribution in [0.25, 0.3) is 0 Å². The molecule has 0 saturated carbocycles. The predicted molar refractivity (Wildman–Crippen MR) is 108 cm³/mol. The standard InChI is InChI=1S/C21H33NO3S/c1-3-4-5-6-7-8-9-10-11-12-13-19-14-15-20(26-19)21(25,16-17-23)22-18(2)24/h14-15,23,25H,3-11,16-17H2,1-2H3,(H,22,24). The summed E-state index contributed by atoms with van der Waals surface area (Å²) < 4.78 is 0. The third-order valence-electron chi connectivity index (χ3n) is 4.24. The van der Waals surface area contributed by atoms with Gasteiger partial charge in [0, 0.05) is 26.4 Å². The van der Waals surface area contributed by atoms with Crippen LogP contribution in [0.5, 0.6) is 0 Å². The topological polar surface area (TPSA) is 69.6 Å². The number of rotatable bonds is 12. The van der Waals surface area contributed by atoms with Crippen LogP contribution in [0.4, 0.5) is 0 Å². The second kappa shape index (κ2) is 12.9. The molecule has 146 valence electrons. The molecule has 4 nitrogen and oxygen atoms in total. The van der Waals surface area contributed by atoms with E-state index in [1.807, 2.05) is 6.07 Å². The molecule has 1 unspecified atom stereocenters. The van der Waals surface area contributed by atoms with E-state index in [-0.39, 0.29) is 18.9 Å². The minimum absolute atomic E-state index is 0.0538. The molecule has 1 heterocycles. The molecule has 0 aliphatic heterocycles. The largest absolute Gasteiger partial charge is 0.396 e. The van der Waals surface area contributed by atoms with E-state index in [4.69, 9.17) is 5.11 Å². The molecule has 0 radical (unpaired) electrons. The lowest BCUT2D eigenvalue weighted by molar-refractivity contribution is -0.128. The molecule has 0 fully saturated rings. The van der Waals surface area contributed by atoms with Crippen molar-refractivity contribution >= 4 is 17.2 Å². The highest BCUT2D eigenvalue weighted by molar-refractivity contribution is 7.12. The summed E-state index contributed by atoms with van der Waals surface area (Å²) in [6.45, 7) is 3.37. The molecule has 0 aromatic carbocycles. The predicted octanol–water partition coefficient (Wildman–Crippen LogP) is 4.29. The van der Waals surface area contributed by atoms with Gasteiger partial charge in [0.1, 0.15) is 0 Å². The average molecular weight is 380 g/mol. The fraction of sp³-hybridized carbons (Fsp3) is 0.667. The van der Waals surface area contributed by atoms with Gasteiger partial charge in [-0.15, -0.1) is 11.3 Å². The Hall–Kier alpha value is -1.35. The van der Waals surface area contributed by atoms with E-state index in [0.717, 1.165) is 17.7 Å². The fourth-order valence-corrected chi connectivity index (χ4v) is 3.78. The lowest BCUT2D eigenvalue weighted by Crippen LogP contribution is -2.45. The van der Waals surface area contributed by atoms with Crippen LogP contribution < -0.4 is 5.32 Å². The SMILES string of the molecule is CCCCCCCCCCC#Cc1ccc(C(O)(CCO)NC(C)=O)s1. The van der Waals surface area contributed by atoms with Crippen LogP contribution in [0, 0.1) is 11.8 Å². The van der Waals surface area contributed by atoms with E-state index in [9.17, 15) is 9.90 Å². The Morgan fingerprint density at radius 3 is 2.42 bits per heavy atom. The van der Waals surface area contributed by atoms with Gasteiger partial charge < -0.3 is 15.5 Å². The van der Waals surface area contributed by atoms with Crippen LogP contribution in [0.2, 0.25) is 0 Å². The van der Waals surface area contributed by atoms with Crippen molar-refractivity contribution in [2.24, 2.45) is 0 Å². The smallest absolute Gasteiger partial charge is 0.219 e. The Kier molecular flexibility index (Phi) is 11.3. The minimum Gasteiger partial charge on any atom is -0.396 e. The maximum absolute atomic E-state index is 11.3. The quantitative estimate of drug-likeness (QED) is 0.288. The van der Waals surface area contributed by atoms with Crippen molar-refractivity contribution in [2.45, 2.75) is 83.8 Å². The van der Waals surface area contributed by atoms with Crippen molar-refractivity contribution in [3.63, 3.8) is 0 Å². The van der Waals surface area contributed by atoms with Crippen LogP contribution in [0.15, 0.2) is 12.1 Å². The van der Waals surface area contributed by atoms with Crippen molar-refractivity contribution in [1.82, 2.24) is 5.32 Å². The van der Waals surface area contributed by atoms with Crippen molar-refractivity contribution in [3.8, 4) is 11.8 Å². The first kappa shape index (κ1) is 22.7. The number of aliphatic hydroxyl groups is 2. The van der Waals surface area contributed by atoms with Gasteiger partial charge in [-0.25, -0.2) is 0 Å². The zero-order valence-corrected chi connectivity index (χ0v) is 17.0. The maximum Gasteiger partial charge on any atom is 0.219 e. The lowest BCUT2D eigenvalue weighted by atomic mass is 10.1. The summed E-state index contributed by atoms with van der Waals surface area (Å²) in [4.78, 5) is 12.8. The van der Waals surface area contributed by atoms with Gasteiger partial charge in [-0.2, -0.15) is 0 Å². The molecule has 3 N–H and O–H groups in total. The van der Waals surface area contributed by atoms with Gasteiger partial charge in [-0.1, -0.05) is 63.7 Å². The molecular weight excluding hydrogens is 346 g/mol. The number of nitrogens with one attached hydrogen (secondary N) is 1. The normalized spacial score (nSPS) is 12.9. The number of amides is 1. The summed E-state index contributed by atoms with van der Waals surface area (Å²) in [6.07, 6.45) is 11.3. The number of carbonyl (C=O) groups excluding carboxylic acids is 1. The van der Waals surface area contributed by atoms with Gasteiger partial charge >= 0.3 is 0 Å². The first-order valence-electron chi connectivity index (χ1n) is 9.73. The molecule has 1 aromatic rings. The summed E-state index contributed by atoms with van der Waals surface area (Å²) >= 11 is 1.35. The summed E-state index contributed by atoms with van der Waals surface area (Å²) in [5.74, 6) is 5.99. The molecular formula is C21H33NO3S. The molecule has 0 spiro atoms. The molecule has 26 heavy (non-hydrogen) atoms. The van der Waals surface area contributed by atoms with E-state index in [0.29, 0.717) is 4.88 Å². The maximum atomic E-state index is 11.3. The van der Waals surface area contributed by atoms with Crippen LogP contribution >= 0.6 is 11.3 Å². The molecule has 0 bridgehead atoms.